The lowest BCUT2D eigenvalue weighted by Crippen LogP contribution is -2.46. The fourth-order valence-corrected chi connectivity index (χ4v) is 4.01. The first-order valence-corrected chi connectivity index (χ1v) is 9.42. The summed E-state index contributed by atoms with van der Waals surface area (Å²) in [4.78, 5) is 27.9. The number of piperidine rings is 1. The Bertz CT molecular complexity index is 743. The number of hydrogen-bond acceptors (Lipinski definition) is 5. The number of nitrogens with zero attached hydrogens (tertiary/aromatic N) is 4. The molecule has 2 aliphatic rings. The van der Waals surface area contributed by atoms with E-state index >= 15 is 0 Å². The maximum absolute atomic E-state index is 12.7. The van der Waals surface area contributed by atoms with Gasteiger partial charge in [-0.3, -0.25) is 9.78 Å². The highest BCUT2D eigenvalue weighted by Crippen LogP contribution is 2.25. The maximum Gasteiger partial charge on any atom is 0.225 e. The normalized spacial score (nSPS) is 22.1. The summed E-state index contributed by atoms with van der Waals surface area (Å²) in [6, 6.07) is 2.41. The van der Waals surface area contributed by atoms with E-state index in [-0.39, 0.29) is 11.8 Å². The van der Waals surface area contributed by atoms with Gasteiger partial charge in [0.2, 0.25) is 5.91 Å². The topological polar surface area (TPSA) is 71.0 Å². The average molecular weight is 339 g/mol. The Balaban J connectivity index is 1.43. The molecule has 1 amide bonds. The van der Waals surface area contributed by atoms with E-state index in [1.54, 1.807) is 12.4 Å². The Morgan fingerprint density at radius 2 is 1.88 bits per heavy atom. The maximum atomic E-state index is 12.7. The Labute approximate surface area is 148 Å². The second-order valence-corrected chi connectivity index (χ2v) is 7.22. The lowest BCUT2D eigenvalue weighted by atomic mass is 9.93. The van der Waals surface area contributed by atoms with E-state index in [2.05, 4.69) is 25.2 Å². The molecule has 1 saturated heterocycles. The van der Waals surface area contributed by atoms with Crippen LogP contribution in [0.3, 0.4) is 0 Å². The first-order chi connectivity index (χ1) is 12.3. The number of amides is 1. The number of hydrogen-bond donors (Lipinski definition) is 1. The summed E-state index contributed by atoms with van der Waals surface area (Å²) >= 11 is 0. The number of rotatable bonds is 3. The highest BCUT2D eigenvalue weighted by atomic mass is 16.2. The van der Waals surface area contributed by atoms with Crippen LogP contribution in [0.5, 0.6) is 0 Å². The smallest absolute Gasteiger partial charge is 0.225 e. The number of aromatic nitrogens is 3. The summed E-state index contributed by atoms with van der Waals surface area (Å²) in [7, 11) is 0. The number of anilines is 1. The van der Waals surface area contributed by atoms with Gasteiger partial charge in [0.1, 0.15) is 5.52 Å². The van der Waals surface area contributed by atoms with E-state index in [0.29, 0.717) is 11.7 Å². The summed E-state index contributed by atoms with van der Waals surface area (Å²) in [5.41, 5.74) is 2.49. The van der Waals surface area contributed by atoms with Gasteiger partial charge in [-0.05, 0) is 31.7 Å². The second-order valence-electron chi connectivity index (χ2n) is 7.22. The molecule has 6 heteroatoms. The predicted octanol–water partition coefficient (Wildman–Crippen LogP) is 2.69. The fraction of sp³-hybridized carbons (Fsp3) is 0.579. The van der Waals surface area contributed by atoms with Crippen LogP contribution in [0.25, 0.3) is 11.2 Å². The van der Waals surface area contributed by atoms with E-state index in [0.717, 1.165) is 50.0 Å². The molecule has 0 radical (unpaired) electrons. The van der Waals surface area contributed by atoms with Crippen molar-refractivity contribution in [3.8, 4) is 0 Å². The largest absolute Gasteiger partial charge is 0.369 e. The first kappa shape index (κ1) is 16.2. The van der Waals surface area contributed by atoms with Gasteiger partial charge in [0.05, 0.1) is 17.8 Å². The summed E-state index contributed by atoms with van der Waals surface area (Å²) in [6.45, 7) is 1.71. The minimum atomic E-state index is 0.0632. The molecule has 25 heavy (non-hydrogen) atoms. The summed E-state index contributed by atoms with van der Waals surface area (Å²) in [5, 5.41) is 3.29. The fourth-order valence-electron chi connectivity index (χ4n) is 4.01. The number of carbonyl (C=O) groups excluding carboxylic acids is 1. The van der Waals surface area contributed by atoms with Crippen LogP contribution in [0.2, 0.25) is 0 Å². The number of pyridine rings is 1. The van der Waals surface area contributed by atoms with Crippen LogP contribution in [-0.4, -0.2) is 40.0 Å². The van der Waals surface area contributed by atoms with Crippen molar-refractivity contribution in [1.82, 2.24) is 20.3 Å². The Hall–Kier alpha value is -2.24. The lowest BCUT2D eigenvalue weighted by Gasteiger charge is -2.34. The van der Waals surface area contributed by atoms with Crippen molar-refractivity contribution in [3.63, 3.8) is 0 Å². The molecule has 132 valence electrons. The van der Waals surface area contributed by atoms with Crippen LogP contribution in [0.15, 0.2) is 24.7 Å². The highest BCUT2D eigenvalue weighted by Gasteiger charge is 2.28. The van der Waals surface area contributed by atoms with Gasteiger partial charge in [0.25, 0.3) is 0 Å². The van der Waals surface area contributed by atoms with E-state index in [1.807, 2.05) is 12.3 Å². The number of nitrogens with one attached hydrogen (secondary N) is 1. The minimum Gasteiger partial charge on any atom is -0.369 e. The molecule has 1 saturated carbocycles. The Morgan fingerprint density at radius 3 is 2.76 bits per heavy atom. The molecule has 0 unspecified atom stereocenters. The molecule has 1 aliphatic heterocycles. The summed E-state index contributed by atoms with van der Waals surface area (Å²) in [6.07, 6.45) is 13.2. The van der Waals surface area contributed by atoms with Crippen LogP contribution in [0.1, 0.15) is 44.9 Å². The van der Waals surface area contributed by atoms with Crippen LogP contribution in [-0.2, 0) is 4.79 Å². The Kier molecular flexibility index (Phi) is 4.76. The monoisotopic (exact) mass is 339 g/mol. The van der Waals surface area contributed by atoms with Gasteiger partial charge in [-0.25, -0.2) is 9.97 Å². The molecule has 1 aliphatic carbocycles. The van der Waals surface area contributed by atoms with E-state index < -0.39 is 0 Å². The van der Waals surface area contributed by atoms with Crippen molar-refractivity contribution in [2.45, 2.75) is 51.0 Å². The van der Waals surface area contributed by atoms with Crippen LogP contribution >= 0.6 is 0 Å². The van der Waals surface area contributed by atoms with Gasteiger partial charge in [-0.1, -0.05) is 19.3 Å². The SMILES string of the molecule is O=C(NC1CCCCC1)[C@@H]1CCCN(c2cnc3nccnc3c2)C1. The van der Waals surface area contributed by atoms with E-state index in [4.69, 9.17) is 0 Å². The third-order valence-corrected chi connectivity index (χ3v) is 5.42. The van der Waals surface area contributed by atoms with Crippen molar-refractivity contribution in [1.29, 1.82) is 0 Å². The van der Waals surface area contributed by atoms with E-state index in [9.17, 15) is 4.79 Å². The van der Waals surface area contributed by atoms with Gasteiger partial charge in [-0.15, -0.1) is 0 Å². The molecular formula is C19H25N5O. The van der Waals surface area contributed by atoms with Gasteiger partial charge < -0.3 is 10.2 Å². The van der Waals surface area contributed by atoms with Crippen LogP contribution in [0.4, 0.5) is 5.69 Å². The second kappa shape index (κ2) is 7.33. The molecule has 0 aromatic carbocycles. The third-order valence-electron chi connectivity index (χ3n) is 5.42. The Morgan fingerprint density at radius 1 is 1.04 bits per heavy atom. The van der Waals surface area contributed by atoms with Crippen molar-refractivity contribution in [2.75, 3.05) is 18.0 Å². The van der Waals surface area contributed by atoms with Gasteiger partial charge in [0.15, 0.2) is 5.65 Å². The molecule has 4 rings (SSSR count). The van der Waals surface area contributed by atoms with Gasteiger partial charge in [0, 0.05) is 31.5 Å². The zero-order valence-corrected chi connectivity index (χ0v) is 14.5. The quantitative estimate of drug-likeness (QED) is 0.931. The highest BCUT2D eigenvalue weighted by molar-refractivity contribution is 5.80. The molecule has 1 N–H and O–H groups in total. The lowest BCUT2D eigenvalue weighted by molar-refractivity contribution is -0.126. The van der Waals surface area contributed by atoms with E-state index in [1.165, 1.54) is 19.3 Å². The number of carbonyl (C=O) groups is 1. The summed E-state index contributed by atoms with van der Waals surface area (Å²) in [5.74, 6) is 0.290. The van der Waals surface area contributed by atoms with Crippen molar-refractivity contribution in [3.05, 3.63) is 24.7 Å². The molecule has 0 bridgehead atoms. The van der Waals surface area contributed by atoms with Crippen molar-refractivity contribution < 1.29 is 4.79 Å². The van der Waals surface area contributed by atoms with Crippen molar-refractivity contribution in [2.24, 2.45) is 5.92 Å². The molecule has 3 heterocycles. The molecule has 0 spiro atoms. The summed E-state index contributed by atoms with van der Waals surface area (Å²) < 4.78 is 0. The zero-order chi connectivity index (χ0) is 17.1. The predicted molar refractivity (Wildman–Crippen MR) is 97.3 cm³/mol. The van der Waals surface area contributed by atoms with Crippen LogP contribution in [0, 0.1) is 5.92 Å². The molecule has 2 fully saturated rings. The minimum absolute atomic E-state index is 0.0632. The third kappa shape index (κ3) is 3.72. The molecule has 2 aromatic rings. The molecule has 2 aromatic heterocycles. The van der Waals surface area contributed by atoms with Gasteiger partial charge >= 0.3 is 0 Å². The number of fused-ring (bicyclic) bond motifs is 1. The van der Waals surface area contributed by atoms with Crippen LogP contribution < -0.4 is 10.2 Å². The molecule has 1 atom stereocenters. The van der Waals surface area contributed by atoms with Crippen molar-refractivity contribution >= 4 is 22.8 Å². The first-order valence-electron chi connectivity index (χ1n) is 9.42. The molecular weight excluding hydrogens is 314 g/mol. The molecule has 6 nitrogen and oxygen atoms in total. The standard InChI is InChI=1S/C19H25N5O/c25-19(23-15-6-2-1-3-7-15)14-5-4-10-24(13-14)16-11-17-18(22-12-16)21-9-8-20-17/h8-9,11-12,14-15H,1-7,10,13H2,(H,23,25)/t14-/m1/s1. The average Bonchev–Trinajstić information content (AvgIpc) is 2.68. The zero-order valence-electron chi connectivity index (χ0n) is 14.5. The van der Waals surface area contributed by atoms with Gasteiger partial charge in [-0.2, -0.15) is 0 Å².